The van der Waals surface area contributed by atoms with Gasteiger partial charge in [-0.2, -0.15) is 0 Å². The molecule has 15 heavy (non-hydrogen) atoms. The monoisotopic (exact) mass is 223 g/mol. The zero-order valence-corrected chi connectivity index (χ0v) is 9.67. The summed E-state index contributed by atoms with van der Waals surface area (Å²) in [6.45, 7) is 2.87. The Labute approximate surface area is 94.1 Å². The largest absolute Gasteiger partial charge is 0.316 e. The van der Waals surface area contributed by atoms with Crippen LogP contribution in [0.1, 0.15) is 18.2 Å². The maximum absolute atomic E-state index is 6.21. The Morgan fingerprint density at radius 2 is 2.33 bits per heavy atom. The van der Waals surface area contributed by atoms with Crippen LogP contribution in [0.15, 0.2) is 18.3 Å². The van der Waals surface area contributed by atoms with E-state index in [0.717, 1.165) is 29.5 Å². The Morgan fingerprint density at radius 3 is 3.00 bits per heavy atom. The molecule has 0 unspecified atom stereocenters. The van der Waals surface area contributed by atoms with Crippen LogP contribution in [0.25, 0.3) is 5.65 Å². The Hall–Kier alpha value is -1.06. The van der Waals surface area contributed by atoms with Crippen LogP contribution in [0.4, 0.5) is 0 Å². The summed E-state index contributed by atoms with van der Waals surface area (Å²) in [6.07, 6.45) is 2.81. The molecule has 0 aromatic carbocycles. The van der Waals surface area contributed by atoms with Gasteiger partial charge in [-0.25, -0.2) is 4.98 Å². The van der Waals surface area contributed by atoms with E-state index in [-0.39, 0.29) is 0 Å². The van der Waals surface area contributed by atoms with Gasteiger partial charge in [0, 0.05) is 18.3 Å². The van der Waals surface area contributed by atoms with Crippen LogP contribution in [-0.4, -0.2) is 16.4 Å². The predicted molar refractivity (Wildman–Crippen MR) is 62.3 cm³/mol. The van der Waals surface area contributed by atoms with Crippen LogP contribution in [0.2, 0.25) is 5.15 Å². The standard InChI is InChI=1S/C11H14ClN3/c1-3-9-10(12)15-6-4-5-8(7-13-2)11(15)14-9/h4-6,13H,3,7H2,1-2H3. The molecule has 0 aliphatic rings. The predicted octanol–water partition coefficient (Wildman–Crippen LogP) is 2.27. The number of rotatable bonds is 3. The average Bonchev–Trinajstić information content (AvgIpc) is 2.58. The van der Waals surface area contributed by atoms with Gasteiger partial charge in [0.05, 0.1) is 5.69 Å². The summed E-state index contributed by atoms with van der Waals surface area (Å²) in [4.78, 5) is 4.54. The summed E-state index contributed by atoms with van der Waals surface area (Å²) in [5.74, 6) is 0. The van der Waals surface area contributed by atoms with Crippen LogP contribution < -0.4 is 5.32 Å². The van der Waals surface area contributed by atoms with Crippen molar-refractivity contribution in [1.29, 1.82) is 0 Å². The number of hydrogen-bond acceptors (Lipinski definition) is 2. The van der Waals surface area contributed by atoms with Gasteiger partial charge in [-0.05, 0) is 19.5 Å². The molecule has 0 fully saturated rings. The van der Waals surface area contributed by atoms with E-state index in [1.807, 2.05) is 23.7 Å². The SMILES string of the molecule is CCc1nc2c(CNC)cccn2c1Cl. The van der Waals surface area contributed by atoms with Gasteiger partial charge in [0.2, 0.25) is 0 Å². The van der Waals surface area contributed by atoms with Gasteiger partial charge in [0.25, 0.3) is 0 Å². The van der Waals surface area contributed by atoms with Crippen molar-refractivity contribution in [2.45, 2.75) is 19.9 Å². The minimum absolute atomic E-state index is 0.727. The van der Waals surface area contributed by atoms with Gasteiger partial charge >= 0.3 is 0 Å². The molecule has 0 radical (unpaired) electrons. The van der Waals surface area contributed by atoms with E-state index >= 15 is 0 Å². The van der Waals surface area contributed by atoms with Gasteiger partial charge in [-0.15, -0.1) is 0 Å². The molecular weight excluding hydrogens is 210 g/mol. The molecule has 0 aliphatic carbocycles. The zero-order valence-electron chi connectivity index (χ0n) is 8.92. The van der Waals surface area contributed by atoms with Crippen LogP contribution in [-0.2, 0) is 13.0 Å². The fourth-order valence-electron chi connectivity index (χ4n) is 1.70. The second-order valence-electron chi connectivity index (χ2n) is 3.46. The topological polar surface area (TPSA) is 29.3 Å². The second-order valence-corrected chi connectivity index (χ2v) is 3.82. The first-order valence-corrected chi connectivity index (χ1v) is 5.44. The third-order valence-electron chi connectivity index (χ3n) is 2.44. The van der Waals surface area contributed by atoms with Gasteiger partial charge in [0.15, 0.2) is 0 Å². The molecule has 2 rings (SSSR count). The number of aryl methyl sites for hydroxylation is 1. The average molecular weight is 224 g/mol. The third kappa shape index (κ3) is 1.73. The summed E-state index contributed by atoms with van der Waals surface area (Å²) in [7, 11) is 1.93. The van der Waals surface area contributed by atoms with Gasteiger partial charge < -0.3 is 5.32 Å². The molecule has 2 aromatic heterocycles. The van der Waals surface area contributed by atoms with Crippen LogP contribution in [0.5, 0.6) is 0 Å². The lowest BCUT2D eigenvalue weighted by Gasteiger charge is -2.02. The number of aromatic nitrogens is 2. The van der Waals surface area contributed by atoms with Gasteiger partial charge in [-0.1, -0.05) is 24.6 Å². The van der Waals surface area contributed by atoms with Crippen molar-refractivity contribution < 1.29 is 0 Å². The maximum Gasteiger partial charge on any atom is 0.142 e. The number of nitrogens with one attached hydrogen (secondary N) is 1. The number of fused-ring (bicyclic) bond motifs is 1. The van der Waals surface area contributed by atoms with E-state index in [1.165, 1.54) is 5.56 Å². The lowest BCUT2D eigenvalue weighted by atomic mass is 10.2. The summed E-state index contributed by atoms with van der Waals surface area (Å²) >= 11 is 6.21. The smallest absolute Gasteiger partial charge is 0.142 e. The molecule has 1 N–H and O–H groups in total. The molecule has 0 aliphatic heterocycles. The number of halogens is 1. The van der Waals surface area contributed by atoms with Crippen LogP contribution in [0.3, 0.4) is 0 Å². The van der Waals surface area contributed by atoms with Crippen LogP contribution in [0, 0.1) is 0 Å². The van der Waals surface area contributed by atoms with Crippen molar-refractivity contribution >= 4 is 17.2 Å². The van der Waals surface area contributed by atoms with Gasteiger partial charge in [-0.3, -0.25) is 4.40 Å². The quantitative estimate of drug-likeness (QED) is 0.865. The molecule has 2 heterocycles. The first-order valence-electron chi connectivity index (χ1n) is 5.06. The zero-order chi connectivity index (χ0) is 10.8. The van der Waals surface area contributed by atoms with E-state index in [1.54, 1.807) is 0 Å². The van der Waals surface area contributed by atoms with E-state index < -0.39 is 0 Å². The minimum Gasteiger partial charge on any atom is -0.316 e. The lowest BCUT2D eigenvalue weighted by molar-refractivity contribution is 0.816. The van der Waals surface area contributed by atoms with E-state index in [0.29, 0.717) is 0 Å². The molecule has 4 heteroatoms. The molecule has 80 valence electrons. The van der Waals surface area contributed by atoms with Crippen molar-refractivity contribution in [3.05, 3.63) is 34.7 Å². The highest BCUT2D eigenvalue weighted by Crippen LogP contribution is 2.20. The number of nitrogens with zero attached hydrogens (tertiary/aromatic N) is 2. The molecule has 0 saturated carbocycles. The second kappa shape index (κ2) is 4.21. The van der Waals surface area contributed by atoms with Gasteiger partial charge in [0.1, 0.15) is 10.8 Å². The Bertz CT molecular complexity index is 476. The molecule has 0 amide bonds. The van der Waals surface area contributed by atoms with E-state index in [2.05, 4.69) is 23.3 Å². The normalized spacial score (nSPS) is 11.1. The summed E-state index contributed by atoms with van der Waals surface area (Å²) < 4.78 is 1.94. The molecule has 0 bridgehead atoms. The Morgan fingerprint density at radius 1 is 1.53 bits per heavy atom. The fourth-order valence-corrected chi connectivity index (χ4v) is 2.01. The molecule has 2 aromatic rings. The first-order chi connectivity index (χ1) is 7.27. The van der Waals surface area contributed by atoms with Crippen molar-refractivity contribution in [2.24, 2.45) is 0 Å². The summed E-state index contributed by atoms with van der Waals surface area (Å²) in [5.41, 5.74) is 3.08. The van der Waals surface area contributed by atoms with E-state index in [4.69, 9.17) is 11.6 Å². The minimum atomic E-state index is 0.727. The van der Waals surface area contributed by atoms with Crippen molar-refractivity contribution in [3.8, 4) is 0 Å². The molecule has 0 spiro atoms. The Kier molecular flexibility index (Phi) is 2.93. The van der Waals surface area contributed by atoms with Crippen molar-refractivity contribution in [3.63, 3.8) is 0 Å². The summed E-state index contributed by atoms with van der Waals surface area (Å²) in [5, 5.41) is 3.85. The number of pyridine rings is 1. The Balaban J connectivity index is 2.65. The summed E-state index contributed by atoms with van der Waals surface area (Å²) in [6, 6.07) is 4.06. The highest BCUT2D eigenvalue weighted by Gasteiger charge is 2.10. The van der Waals surface area contributed by atoms with Crippen LogP contribution >= 0.6 is 11.6 Å². The van der Waals surface area contributed by atoms with Crippen molar-refractivity contribution in [2.75, 3.05) is 7.05 Å². The highest BCUT2D eigenvalue weighted by atomic mass is 35.5. The first kappa shape index (κ1) is 10.5. The third-order valence-corrected chi connectivity index (χ3v) is 2.84. The molecular formula is C11H14ClN3. The molecule has 0 atom stereocenters. The maximum atomic E-state index is 6.21. The highest BCUT2D eigenvalue weighted by molar-refractivity contribution is 6.30. The molecule has 3 nitrogen and oxygen atoms in total. The number of hydrogen-bond donors (Lipinski definition) is 1. The number of imidazole rings is 1. The fraction of sp³-hybridized carbons (Fsp3) is 0.364. The van der Waals surface area contributed by atoms with Crippen molar-refractivity contribution in [1.82, 2.24) is 14.7 Å². The lowest BCUT2D eigenvalue weighted by Crippen LogP contribution is -2.06. The van der Waals surface area contributed by atoms with E-state index in [9.17, 15) is 0 Å². The molecule has 0 saturated heterocycles.